The second-order valence-corrected chi connectivity index (χ2v) is 6.73. The Balaban J connectivity index is 2.25. The Labute approximate surface area is 130 Å². The minimum atomic E-state index is -3.87. The quantitative estimate of drug-likeness (QED) is 0.896. The smallest absolute Gasteiger partial charge is 0.237 e. The lowest BCUT2D eigenvalue weighted by molar-refractivity contribution is 0.509. The van der Waals surface area contributed by atoms with Gasteiger partial charge in [-0.15, -0.1) is 0 Å². The maximum absolute atomic E-state index is 13.1. The van der Waals surface area contributed by atoms with E-state index in [4.69, 9.17) is 23.2 Å². The molecule has 112 valence electrons. The summed E-state index contributed by atoms with van der Waals surface area (Å²) in [6, 6.07) is 7.30. The van der Waals surface area contributed by atoms with Gasteiger partial charge < -0.3 is 0 Å². The van der Waals surface area contributed by atoms with Crippen LogP contribution in [0.3, 0.4) is 0 Å². The van der Waals surface area contributed by atoms with Crippen molar-refractivity contribution in [3.8, 4) is 0 Å². The molecular formula is C13H9Cl2F2NO2S. The van der Waals surface area contributed by atoms with Gasteiger partial charge >= 0.3 is 0 Å². The first kappa shape index (κ1) is 16.0. The topological polar surface area (TPSA) is 46.2 Å². The lowest BCUT2D eigenvalue weighted by Gasteiger charge is -2.10. The summed E-state index contributed by atoms with van der Waals surface area (Å²) >= 11 is 11.8. The summed E-state index contributed by atoms with van der Waals surface area (Å²) in [7, 11) is -3.87. The molecule has 0 fully saturated rings. The minimum Gasteiger partial charge on any atom is -0.283 e. The summed E-state index contributed by atoms with van der Waals surface area (Å²) < 4.78 is 52.0. The third kappa shape index (κ3) is 4.06. The summed E-state index contributed by atoms with van der Waals surface area (Å²) in [5.41, 5.74) is 0.146. The van der Waals surface area contributed by atoms with E-state index in [2.05, 4.69) is 4.72 Å². The van der Waals surface area contributed by atoms with Gasteiger partial charge in [0.1, 0.15) is 0 Å². The number of hydrogen-bond donors (Lipinski definition) is 1. The highest BCUT2D eigenvalue weighted by Crippen LogP contribution is 2.27. The first-order valence-electron chi connectivity index (χ1n) is 5.67. The van der Waals surface area contributed by atoms with Gasteiger partial charge in [0.25, 0.3) is 0 Å². The Hall–Kier alpha value is -1.37. The van der Waals surface area contributed by atoms with Crippen molar-refractivity contribution < 1.29 is 17.2 Å². The molecule has 0 aliphatic heterocycles. The molecule has 0 spiro atoms. The van der Waals surface area contributed by atoms with Crippen LogP contribution in [0.1, 0.15) is 5.56 Å². The van der Waals surface area contributed by atoms with Gasteiger partial charge in [-0.25, -0.2) is 17.2 Å². The van der Waals surface area contributed by atoms with Crippen LogP contribution in [-0.2, 0) is 15.8 Å². The third-order valence-corrected chi connectivity index (χ3v) is 4.51. The predicted molar refractivity (Wildman–Crippen MR) is 79.1 cm³/mol. The Morgan fingerprint density at radius 2 is 1.62 bits per heavy atom. The van der Waals surface area contributed by atoms with Gasteiger partial charge in [0, 0.05) is 21.7 Å². The van der Waals surface area contributed by atoms with E-state index >= 15 is 0 Å². The van der Waals surface area contributed by atoms with E-state index in [1.165, 1.54) is 12.1 Å². The number of nitrogens with one attached hydrogen (secondary N) is 1. The fourth-order valence-electron chi connectivity index (χ4n) is 1.64. The van der Waals surface area contributed by atoms with Gasteiger partial charge in [0.05, 0.1) is 11.4 Å². The molecule has 0 radical (unpaired) electrons. The first-order valence-corrected chi connectivity index (χ1v) is 8.08. The van der Waals surface area contributed by atoms with Crippen molar-refractivity contribution >= 4 is 38.9 Å². The lowest BCUT2D eigenvalue weighted by atomic mass is 10.2. The van der Waals surface area contributed by atoms with Crippen molar-refractivity contribution in [2.24, 2.45) is 0 Å². The van der Waals surface area contributed by atoms with Crippen molar-refractivity contribution in [1.82, 2.24) is 0 Å². The zero-order chi connectivity index (χ0) is 15.6. The SMILES string of the molecule is O=S(=O)(Cc1c(Cl)cccc1Cl)Nc1ccc(F)c(F)c1. The first-order chi connectivity index (χ1) is 9.78. The van der Waals surface area contributed by atoms with Gasteiger partial charge in [-0.1, -0.05) is 29.3 Å². The maximum atomic E-state index is 13.1. The minimum absolute atomic E-state index is 0.0860. The second-order valence-electron chi connectivity index (χ2n) is 4.19. The number of halogens is 4. The van der Waals surface area contributed by atoms with Crippen molar-refractivity contribution in [3.63, 3.8) is 0 Å². The summed E-state index contributed by atoms with van der Waals surface area (Å²) in [5.74, 6) is -2.69. The molecule has 0 saturated carbocycles. The molecule has 0 bridgehead atoms. The Bertz CT molecular complexity index is 761. The Kier molecular flexibility index (Phi) is 4.70. The standard InChI is InChI=1S/C13H9Cl2F2NO2S/c14-10-2-1-3-11(15)9(10)7-21(19,20)18-8-4-5-12(16)13(17)6-8/h1-6,18H,7H2. The second kappa shape index (κ2) is 6.17. The van der Waals surface area contributed by atoms with Crippen LogP contribution in [-0.4, -0.2) is 8.42 Å². The fourth-order valence-corrected chi connectivity index (χ4v) is 3.57. The highest BCUT2D eigenvalue weighted by atomic mass is 35.5. The zero-order valence-electron chi connectivity index (χ0n) is 10.4. The number of benzene rings is 2. The number of sulfonamides is 1. The number of hydrogen-bond acceptors (Lipinski definition) is 2. The molecule has 0 atom stereocenters. The molecule has 2 aromatic rings. The van der Waals surface area contributed by atoms with E-state index < -0.39 is 27.4 Å². The lowest BCUT2D eigenvalue weighted by Crippen LogP contribution is -2.15. The maximum Gasteiger partial charge on any atom is 0.237 e. The van der Waals surface area contributed by atoms with Crippen LogP contribution < -0.4 is 4.72 Å². The van der Waals surface area contributed by atoms with Crippen LogP contribution in [0.4, 0.5) is 14.5 Å². The van der Waals surface area contributed by atoms with Crippen molar-refractivity contribution in [2.45, 2.75) is 5.75 Å². The highest BCUT2D eigenvalue weighted by molar-refractivity contribution is 7.91. The van der Waals surface area contributed by atoms with E-state index in [0.29, 0.717) is 0 Å². The van der Waals surface area contributed by atoms with Gasteiger partial charge in [-0.3, -0.25) is 4.72 Å². The predicted octanol–water partition coefficient (Wildman–Crippen LogP) is 4.21. The highest BCUT2D eigenvalue weighted by Gasteiger charge is 2.17. The average molecular weight is 352 g/mol. The van der Waals surface area contributed by atoms with E-state index in [0.717, 1.165) is 18.2 Å². The van der Waals surface area contributed by atoms with Crippen LogP contribution in [0.2, 0.25) is 10.0 Å². The summed E-state index contributed by atoms with van der Waals surface area (Å²) in [5, 5.41) is 0.413. The van der Waals surface area contributed by atoms with Crippen molar-refractivity contribution in [2.75, 3.05) is 4.72 Å². The molecule has 0 aliphatic rings. The summed E-state index contributed by atoms with van der Waals surface area (Å²) in [6.07, 6.45) is 0. The van der Waals surface area contributed by atoms with Gasteiger partial charge in [0.15, 0.2) is 11.6 Å². The molecule has 2 rings (SSSR count). The van der Waals surface area contributed by atoms with Crippen LogP contribution in [0.25, 0.3) is 0 Å². The molecular weight excluding hydrogens is 343 g/mol. The molecule has 8 heteroatoms. The molecule has 3 nitrogen and oxygen atoms in total. The Morgan fingerprint density at radius 3 is 2.19 bits per heavy atom. The van der Waals surface area contributed by atoms with E-state index in [1.807, 2.05) is 0 Å². The average Bonchev–Trinajstić information content (AvgIpc) is 2.38. The summed E-state index contributed by atoms with van der Waals surface area (Å²) in [6.45, 7) is 0. The Morgan fingerprint density at radius 1 is 1.00 bits per heavy atom. The van der Waals surface area contributed by atoms with Crippen molar-refractivity contribution in [1.29, 1.82) is 0 Å². The molecule has 0 saturated heterocycles. The third-order valence-electron chi connectivity index (χ3n) is 2.59. The molecule has 0 unspecified atom stereocenters. The van der Waals surface area contributed by atoms with Crippen LogP contribution in [0.15, 0.2) is 36.4 Å². The molecule has 0 aliphatic carbocycles. The van der Waals surface area contributed by atoms with E-state index in [-0.39, 0.29) is 21.3 Å². The fraction of sp³-hybridized carbons (Fsp3) is 0.0769. The van der Waals surface area contributed by atoms with Gasteiger partial charge in [-0.2, -0.15) is 0 Å². The van der Waals surface area contributed by atoms with Crippen molar-refractivity contribution in [3.05, 3.63) is 63.6 Å². The van der Waals surface area contributed by atoms with Crippen LogP contribution in [0.5, 0.6) is 0 Å². The monoisotopic (exact) mass is 351 g/mol. The molecule has 2 aromatic carbocycles. The van der Waals surface area contributed by atoms with Crippen LogP contribution in [0, 0.1) is 11.6 Å². The van der Waals surface area contributed by atoms with E-state index in [9.17, 15) is 17.2 Å². The summed E-state index contributed by atoms with van der Waals surface area (Å²) in [4.78, 5) is 0. The molecule has 21 heavy (non-hydrogen) atoms. The molecule has 0 heterocycles. The molecule has 0 aromatic heterocycles. The molecule has 1 N–H and O–H groups in total. The van der Waals surface area contributed by atoms with Gasteiger partial charge in [-0.05, 0) is 24.3 Å². The van der Waals surface area contributed by atoms with Crippen LogP contribution >= 0.6 is 23.2 Å². The van der Waals surface area contributed by atoms with Gasteiger partial charge in [0.2, 0.25) is 10.0 Å². The van der Waals surface area contributed by atoms with E-state index in [1.54, 1.807) is 6.07 Å². The molecule has 0 amide bonds. The zero-order valence-corrected chi connectivity index (χ0v) is 12.7. The number of anilines is 1. The number of rotatable bonds is 4. The normalized spacial score (nSPS) is 11.4. The largest absolute Gasteiger partial charge is 0.283 e.